The SMILES string of the molecule is O=S1CCC(NC2CCN(C3CC3)C2)CC1. The topological polar surface area (TPSA) is 32.3 Å². The van der Waals surface area contributed by atoms with Crippen molar-refractivity contribution in [3.63, 3.8) is 0 Å². The largest absolute Gasteiger partial charge is 0.310 e. The zero-order valence-electron chi connectivity index (χ0n) is 9.86. The number of hydrogen-bond donors (Lipinski definition) is 1. The van der Waals surface area contributed by atoms with Gasteiger partial charge in [-0.15, -0.1) is 0 Å². The van der Waals surface area contributed by atoms with E-state index in [9.17, 15) is 4.21 Å². The van der Waals surface area contributed by atoms with Crippen LogP contribution < -0.4 is 5.32 Å². The van der Waals surface area contributed by atoms with E-state index in [0.717, 1.165) is 30.4 Å². The summed E-state index contributed by atoms with van der Waals surface area (Å²) in [5, 5.41) is 3.77. The fourth-order valence-electron chi connectivity index (χ4n) is 2.99. The number of likely N-dealkylation sites (tertiary alicyclic amines) is 1. The Balaban J connectivity index is 1.43. The Labute approximate surface area is 100 Å². The molecule has 92 valence electrons. The van der Waals surface area contributed by atoms with E-state index >= 15 is 0 Å². The van der Waals surface area contributed by atoms with Crippen LogP contribution in [0.5, 0.6) is 0 Å². The molecule has 0 amide bonds. The minimum atomic E-state index is -0.519. The van der Waals surface area contributed by atoms with Gasteiger partial charge in [0, 0.05) is 53.5 Å². The van der Waals surface area contributed by atoms with Crippen LogP contribution in [0.15, 0.2) is 0 Å². The molecule has 1 atom stereocenters. The summed E-state index contributed by atoms with van der Waals surface area (Å²) in [6.07, 6.45) is 6.40. The van der Waals surface area contributed by atoms with Crippen molar-refractivity contribution < 1.29 is 4.21 Å². The average Bonchev–Trinajstić information content (AvgIpc) is 3.04. The Bertz CT molecular complexity index is 270. The van der Waals surface area contributed by atoms with Crippen molar-refractivity contribution in [2.24, 2.45) is 0 Å². The van der Waals surface area contributed by atoms with Gasteiger partial charge in [-0.05, 0) is 32.1 Å². The van der Waals surface area contributed by atoms with E-state index in [1.54, 1.807) is 0 Å². The van der Waals surface area contributed by atoms with E-state index in [4.69, 9.17) is 0 Å². The lowest BCUT2D eigenvalue weighted by atomic mass is 10.1. The fraction of sp³-hybridized carbons (Fsp3) is 1.00. The molecule has 2 aliphatic heterocycles. The molecule has 3 fully saturated rings. The molecular formula is C12H22N2OS. The van der Waals surface area contributed by atoms with Gasteiger partial charge in [0.2, 0.25) is 0 Å². The van der Waals surface area contributed by atoms with Gasteiger partial charge in [0.05, 0.1) is 0 Å². The van der Waals surface area contributed by atoms with Crippen LogP contribution >= 0.6 is 0 Å². The van der Waals surface area contributed by atoms with Crippen molar-refractivity contribution in [1.29, 1.82) is 0 Å². The first-order valence-corrected chi connectivity index (χ1v) is 8.15. The standard InChI is InChI=1S/C12H22N2OS/c15-16-7-4-10(5-8-16)13-11-3-6-14(9-11)12-1-2-12/h10-13H,1-9H2. The quantitative estimate of drug-likeness (QED) is 0.791. The Morgan fingerprint density at radius 1 is 1.00 bits per heavy atom. The predicted molar refractivity (Wildman–Crippen MR) is 67.0 cm³/mol. The molecule has 1 saturated carbocycles. The summed E-state index contributed by atoms with van der Waals surface area (Å²) in [6.45, 7) is 2.55. The Morgan fingerprint density at radius 3 is 2.44 bits per heavy atom. The van der Waals surface area contributed by atoms with Gasteiger partial charge in [-0.2, -0.15) is 0 Å². The van der Waals surface area contributed by atoms with Crippen molar-refractivity contribution in [2.75, 3.05) is 24.6 Å². The summed E-state index contributed by atoms with van der Waals surface area (Å²) >= 11 is 0. The number of hydrogen-bond acceptors (Lipinski definition) is 3. The molecular weight excluding hydrogens is 220 g/mol. The van der Waals surface area contributed by atoms with Crippen molar-refractivity contribution >= 4 is 10.8 Å². The molecule has 0 radical (unpaired) electrons. The first-order chi connectivity index (χ1) is 7.81. The molecule has 0 aromatic rings. The van der Waals surface area contributed by atoms with Crippen molar-refractivity contribution in [1.82, 2.24) is 10.2 Å². The molecule has 3 nitrogen and oxygen atoms in total. The van der Waals surface area contributed by atoms with Gasteiger partial charge in [-0.1, -0.05) is 0 Å². The third-order valence-electron chi connectivity index (χ3n) is 4.14. The van der Waals surface area contributed by atoms with Crippen molar-refractivity contribution in [3.05, 3.63) is 0 Å². The third kappa shape index (κ3) is 2.66. The lowest BCUT2D eigenvalue weighted by Crippen LogP contribution is -2.43. The van der Waals surface area contributed by atoms with Gasteiger partial charge >= 0.3 is 0 Å². The van der Waals surface area contributed by atoms with Gasteiger partial charge in [-0.3, -0.25) is 9.11 Å². The summed E-state index contributed by atoms with van der Waals surface area (Å²) in [5.74, 6) is 1.83. The van der Waals surface area contributed by atoms with Crippen LogP contribution in [0.1, 0.15) is 32.1 Å². The van der Waals surface area contributed by atoms with Crippen LogP contribution in [-0.4, -0.2) is 51.8 Å². The van der Waals surface area contributed by atoms with E-state index in [0.29, 0.717) is 12.1 Å². The Hall–Kier alpha value is 0.0700. The predicted octanol–water partition coefficient (Wildman–Crippen LogP) is 0.724. The molecule has 0 spiro atoms. The highest BCUT2D eigenvalue weighted by molar-refractivity contribution is 7.85. The van der Waals surface area contributed by atoms with Gasteiger partial charge < -0.3 is 5.32 Å². The second-order valence-electron chi connectivity index (χ2n) is 5.50. The molecule has 0 bridgehead atoms. The highest BCUT2D eigenvalue weighted by atomic mass is 32.2. The van der Waals surface area contributed by atoms with Gasteiger partial charge in [0.1, 0.15) is 0 Å². The molecule has 1 N–H and O–H groups in total. The number of nitrogens with one attached hydrogen (secondary N) is 1. The maximum Gasteiger partial charge on any atom is 0.0249 e. The maximum atomic E-state index is 11.3. The highest BCUT2D eigenvalue weighted by Gasteiger charge is 2.35. The second-order valence-corrected chi connectivity index (χ2v) is 7.20. The van der Waals surface area contributed by atoms with E-state index in [1.807, 2.05) is 0 Å². The molecule has 3 aliphatic rings. The van der Waals surface area contributed by atoms with Crippen LogP contribution in [0.3, 0.4) is 0 Å². The molecule has 0 aromatic heterocycles. The minimum absolute atomic E-state index is 0.519. The monoisotopic (exact) mass is 242 g/mol. The van der Waals surface area contributed by atoms with Gasteiger partial charge in [-0.25, -0.2) is 0 Å². The molecule has 3 rings (SSSR count). The molecule has 0 aromatic carbocycles. The third-order valence-corrected chi connectivity index (χ3v) is 5.52. The van der Waals surface area contributed by atoms with E-state index in [2.05, 4.69) is 10.2 Å². The molecule has 4 heteroatoms. The number of nitrogens with zero attached hydrogens (tertiary/aromatic N) is 1. The molecule has 1 aliphatic carbocycles. The average molecular weight is 242 g/mol. The molecule has 16 heavy (non-hydrogen) atoms. The fourth-order valence-corrected chi connectivity index (χ4v) is 4.29. The summed E-state index contributed by atoms with van der Waals surface area (Å²) in [7, 11) is -0.519. The summed E-state index contributed by atoms with van der Waals surface area (Å²) in [5.41, 5.74) is 0. The molecule has 2 saturated heterocycles. The number of rotatable bonds is 3. The summed E-state index contributed by atoms with van der Waals surface area (Å²) in [6, 6.07) is 2.27. The minimum Gasteiger partial charge on any atom is -0.310 e. The Kier molecular flexibility index (Phi) is 3.32. The van der Waals surface area contributed by atoms with E-state index in [1.165, 1.54) is 32.4 Å². The molecule has 1 unspecified atom stereocenters. The highest BCUT2D eigenvalue weighted by Crippen LogP contribution is 2.30. The van der Waals surface area contributed by atoms with Crippen molar-refractivity contribution in [2.45, 2.75) is 50.2 Å². The van der Waals surface area contributed by atoms with Crippen molar-refractivity contribution in [3.8, 4) is 0 Å². The summed E-state index contributed by atoms with van der Waals surface area (Å²) in [4.78, 5) is 2.65. The summed E-state index contributed by atoms with van der Waals surface area (Å²) < 4.78 is 11.3. The van der Waals surface area contributed by atoms with E-state index in [-0.39, 0.29) is 0 Å². The van der Waals surface area contributed by atoms with Crippen LogP contribution in [0.2, 0.25) is 0 Å². The van der Waals surface area contributed by atoms with Crippen LogP contribution in [0.4, 0.5) is 0 Å². The lowest BCUT2D eigenvalue weighted by Gasteiger charge is -2.26. The normalized spacial score (nSPS) is 41.4. The first kappa shape index (κ1) is 11.2. The van der Waals surface area contributed by atoms with Gasteiger partial charge in [0.25, 0.3) is 0 Å². The second kappa shape index (κ2) is 4.75. The maximum absolute atomic E-state index is 11.3. The zero-order chi connectivity index (χ0) is 11.0. The Morgan fingerprint density at radius 2 is 1.75 bits per heavy atom. The smallest absolute Gasteiger partial charge is 0.0249 e. The van der Waals surface area contributed by atoms with Crippen LogP contribution in [-0.2, 0) is 10.8 Å². The van der Waals surface area contributed by atoms with Crippen LogP contribution in [0.25, 0.3) is 0 Å². The zero-order valence-corrected chi connectivity index (χ0v) is 10.7. The van der Waals surface area contributed by atoms with Gasteiger partial charge in [0.15, 0.2) is 0 Å². The molecule has 2 heterocycles. The van der Waals surface area contributed by atoms with E-state index < -0.39 is 10.8 Å². The van der Waals surface area contributed by atoms with Crippen LogP contribution in [0, 0.1) is 0 Å². The first-order valence-electron chi connectivity index (χ1n) is 6.66. The lowest BCUT2D eigenvalue weighted by molar-refractivity contribution is 0.309.